The fourth-order valence-electron chi connectivity index (χ4n) is 2.17. The molecule has 0 bridgehead atoms. The number of ether oxygens (including phenoxy) is 1. The molecule has 1 amide bonds. The van der Waals surface area contributed by atoms with Crippen molar-refractivity contribution in [1.82, 2.24) is 5.32 Å². The van der Waals surface area contributed by atoms with E-state index in [1.165, 1.54) is 11.8 Å². The average Bonchev–Trinajstić information content (AvgIpc) is 2.94. The largest absolute Gasteiger partial charge is 0.479 e. The Balaban J connectivity index is 1.83. The van der Waals surface area contributed by atoms with Crippen LogP contribution in [0.1, 0.15) is 5.56 Å². The van der Waals surface area contributed by atoms with Crippen molar-refractivity contribution in [3.05, 3.63) is 61.9 Å². The number of halogens is 2. The summed E-state index contributed by atoms with van der Waals surface area (Å²) in [5.74, 6) is 2.88. The molecule has 4 nitrogen and oxygen atoms in total. The van der Waals surface area contributed by atoms with Gasteiger partial charge in [0, 0.05) is 0 Å². The number of benzene rings is 2. The fourth-order valence-corrected chi connectivity index (χ4v) is 4.46. The second-order valence-electron chi connectivity index (χ2n) is 5.12. The Morgan fingerprint density at radius 2 is 1.92 bits per heavy atom. The number of amidine groups is 1. The van der Waals surface area contributed by atoms with Crippen molar-refractivity contribution in [3.8, 4) is 18.1 Å². The van der Waals surface area contributed by atoms with E-state index in [0.29, 0.717) is 15.8 Å². The lowest BCUT2D eigenvalue weighted by Gasteiger charge is -2.09. The highest BCUT2D eigenvalue weighted by Gasteiger charge is 2.24. The van der Waals surface area contributed by atoms with E-state index in [-0.39, 0.29) is 12.5 Å². The molecule has 26 heavy (non-hydrogen) atoms. The maximum absolute atomic E-state index is 12.2. The monoisotopic (exact) mass is 490 g/mol. The number of nitrogens with zero attached hydrogens (tertiary/aromatic N) is 1. The van der Waals surface area contributed by atoms with E-state index in [1.807, 2.05) is 42.5 Å². The number of terminal acetylenes is 1. The minimum absolute atomic E-state index is 0.176. The molecule has 0 aliphatic carbocycles. The normalized spacial score (nSPS) is 16.6. The van der Waals surface area contributed by atoms with Gasteiger partial charge < -0.3 is 10.1 Å². The summed E-state index contributed by atoms with van der Waals surface area (Å²) in [6.45, 7) is 0.176. The Labute approximate surface area is 172 Å². The van der Waals surface area contributed by atoms with Gasteiger partial charge in [-0.2, -0.15) is 0 Å². The number of aliphatic imine (C=N–C) groups is 1. The SMILES string of the molecule is C#CCOc1c(Br)cc(/C=C2\SC(=Nc3ccccc3)NC2=O)cc1Br. The Hall–Kier alpha value is -2.01. The number of thioether (sulfide) groups is 1. The molecule has 7 heteroatoms. The van der Waals surface area contributed by atoms with Crippen molar-refractivity contribution >= 4 is 66.5 Å². The molecular formula is C19H12Br2N2O2S. The van der Waals surface area contributed by atoms with Gasteiger partial charge in [0.2, 0.25) is 0 Å². The third-order valence-electron chi connectivity index (χ3n) is 3.26. The summed E-state index contributed by atoms with van der Waals surface area (Å²) in [7, 11) is 0. The number of hydrogen-bond acceptors (Lipinski definition) is 4. The van der Waals surface area contributed by atoms with Crippen molar-refractivity contribution in [3.63, 3.8) is 0 Å². The summed E-state index contributed by atoms with van der Waals surface area (Å²) < 4.78 is 6.98. The number of para-hydroxylation sites is 1. The summed E-state index contributed by atoms with van der Waals surface area (Å²) in [4.78, 5) is 17.2. The first-order chi connectivity index (χ1) is 12.6. The van der Waals surface area contributed by atoms with Crippen LogP contribution in [-0.2, 0) is 4.79 Å². The van der Waals surface area contributed by atoms with Crippen LogP contribution >= 0.6 is 43.6 Å². The van der Waals surface area contributed by atoms with Crippen molar-refractivity contribution < 1.29 is 9.53 Å². The first kappa shape index (κ1) is 18.8. The maximum Gasteiger partial charge on any atom is 0.264 e. The minimum atomic E-state index is -0.176. The van der Waals surface area contributed by atoms with Crippen LogP contribution in [0.4, 0.5) is 5.69 Å². The highest BCUT2D eigenvalue weighted by Crippen LogP contribution is 2.36. The third kappa shape index (κ3) is 4.58. The molecular weight excluding hydrogens is 480 g/mol. The number of rotatable bonds is 4. The topological polar surface area (TPSA) is 50.7 Å². The van der Waals surface area contributed by atoms with Gasteiger partial charge in [-0.05, 0) is 79.5 Å². The standard InChI is InChI=1S/C19H12Br2N2O2S/c1-2-8-25-17-14(20)9-12(10-15(17)21)11-16-18(24)23-19(26-16)22-13-6-4-3-5-7-13/h1,3-7,9-11H,8H2,(H,22,23,24)/b16-11-. The number of carbonyl (C=O) groups excluding carboxylic acids is 1. The number of carbonyl (C=O) groups is 1. The van der Waals surface area contributed by atoms with Crippen LogP contribution in [0.15, 0.2) is 61.3 Å². The lowest BCUT2D eigenvalue weighted by Crippen LogP contribution is -2.19. The van der Waals surface area contributed by atoms with E-state index in [0.717, 1.165) is 20.2 Å². The predicted molar refractivity (Wildman–Crippen MR) is 113 cm³/mol. The molecule has 1 aliphatic heterocycles. The smallest absolute Gasteiger partial charge is 0.264 e. The van der Waals surface area contributed by atoms with Gasteiger partial charge in [0.25, 0.3) is 5.91 Å². The zero-order valence-corrected chi connectivity index (χ0v) is 17.3. The van der Waals surface area contributed by atoms with Crippen LogP contribution in [0.2, 0.25) is 0 Å². The molecule has 1 fully saturated rings. The molecule has 1 N–H and O–H groups in total. The molecule has 2 aromatic rings. The van der Waals surface area contributed by atoms with Gasteiger partial charge in [0.15, 0.2) is 5.17 Å². The van der Waals surface area contributed by atoms with Crippen LogP contribution in [0.3, 0.4) is 0 Å². The van der Waals surface area contributed by atoms with E-state index >= 15 is 0 Å². The number of hydrogen-bond donors (Lipinski definition) is 1. The maximum atomic E-state index is 12.2. The second kappa shape index (κ2) is 8.58. The van der Waals surface area contributed by atoms with Crippen molar-refractivity contribution in [2.45, 2.75) is 0 Å². The molecule has 3 rings (SSSR count). The summed E-state index contributed by atoms with van der Waals surface area (Å²) >= 11 is 8.23. The number of nitrogens with one attached hydrogen (secondary N) is 1. The Kier molecular flexibility index (Phi) is 6.20. The van der Waals surface area contributed by atoms with E-state index < -0.39 is 0 Å². The van der Waals surface area contributed by atoms with Crippen LogP contribution in [0.5, 0.6) is 5.75 Å². The molecule has 0 spiro atoms. The first-order valence-corrected chi connectivity index (χ1v) is 9.87. The third-order valence-corrected chi connectivity index (χ3v) is 5.34. The van der Waals surface area contributed by atoms with Crippen LogP contribution < -0.4 is 10.1 Å². The highest BCUT2D eigenvalue weighted by atomic mass is 79.9. The Bertz CT molecular complexity index is 927. The zero-order valence-electron chi connectivity index (χ0n) is 13.3. The average molecular weight is 492 g/mol. The molecule has 0 radical (unpaired) electrons. The highest BCUT2D eigenvalue weighted by molar-refractivity contribution is 9.11. The minimum Gasteiger partial charge on any atom is -0.479 e. The molecule has 0 saturated carbocycles. The fraction of sp³-hybridized carbons (Fsp3) is 0.0526. The summed E-state index contributed by atoms with van der Waals surface area (Å²) in [6.07, 6.45) is 7.02. The molecule has 2 aromatic carbocycles. The van der Waals surface area contributed by atoms with Gasteiger partial charge in [-0.15, -0.1) is 6.42 Å². The van der Waals surface area contributed by atoms with Gasteiger partial charge in [0.1, 0.15) is 12.4 Å². The van der Waals surface area contributed by atoms with E-state index in [9.17, 15) is 4.79 Å². The zero-order chi connectivity index (χ0) is 18.5. The van der Waals surface area contributed by atoms with Crippen molar-refractivity contribution in [2.24, 2.45) is 4.99 Å². The van der Waals surface area contributed by atoms with Gasteiger partial charge in [-0.25, -0.2) is 4.99 Å². The van der Waals surface area contributed by atoms with E-state index in [2.05, 4.69) is 48.1 Å². The molecule has 0 atom stereocenters. The molecule has 0 unspecified atom stereocenters. The molecule has 1 saturated heterocycles. The molecule has 1 aliphatic rings. The summed E-state index contributed by atoms with van der Waals surface area (Å²) in [5, 5.41) is 3.33. The Morgan fingerprint density at radius 1 is 1.23 bits per heavy atom. The van der Waals surface area contributed by atoms with E-state index in [1.54, 1.807) is 6.08 Å². The predicted octanol–water partition coefficient (Wildman–Crippen LogP) is 5.12. The van der Waals surface area contributed by atoms with Crippen LogP contribution in [-0.4, -0.2) is 17.7 Å². The van der Waals surface area contributed by atoms with Crippen molar-refractivity contribution in [2.75, 3.05) is 6.61 Å². The Morgan fingerprint density at radius 3 is 2.58 bits per heavy atom. The molecule has 130 valence electrons. The molecule has 0 aromatic heterocycles. The summed E-state index contributed by atoms with van der Waals surface area (Å²) in [5.41, 5.74) is 1.63. The van der Waals surface area contributed by atoms with Crippen LogP contribution in [0.25, 0.3) is 6.08 Å². The summed E-state index contributed by atoms with van der Waals surface area (Å²) in [6, 6.07) is 13.2. The van der Waals surface area contributed by atoms with Gasteiger partial charge in [-0.1, -0.05) is 24.1 Å². The van der Waals surface area contributed by atoms with Crippen LogP contribution in [0, 0.1) is 12.3 Å². The van der Waals surface area contributed by atoms with E-state index in [4.69, 9.17) is 11.2 Å². The van der Waals surface area contributed by atoms with Gasteiger partial charge in [-0.3, -0.25) is 4.79 Å². The number of amides is 1. The molecule has 1 heterocycles. The first-order valence-electron chi connectivity index (χ1n) is 7.47. The lowest BCUT2D eigenvalue weighted by atomic mass is 10.2. The lowest BCUT2D eigenvalue weighted by molar-refractivity contribution is -0.115. The quantitative estimate of drug-likeness (QED) is 0.477. The van der Waals surface area contributed by atoms with Gasteiger partial charge >= 0.3 is 0 Å². The van der Waals surface area contributed by atoms with Gasteiger partial charge in [0.05, 0.1) is 19.5 Å². The van der Waals surface area contributed by atoms with Crippen molar-refractivity contribution in [1.29, 1.82) is 0 Å². The second-order valence-corrected chi connectivity index (χ2v) is 7.86.